The number of carbonyl (C=O) groups is 2. The Morgan fingerprint density at radius 3 is 2.64 bits per heavy atom. The van der Waals surface area contributed by atoms with E-state index in [-0.39, 0.29) is 17.4 Å². The van der Waals surface area contributed by atoms with Crippen molar-refractivity contribution in [3.8, 4) is 0 Å². The molecule has 3 aromatic rings. The van der Waals surface area contributed by atoms with Gasteiger partial charge in [-0.1, -0.05) is 6.07 Å². The van der Waals surface area contributed by atoms with Gasteiger partial charge in [0.05, 0.1) is 5.71 Å². The minimum Gasteiger partial charge on any atom is -0.304 e. The number of aromatic nitrogens is 3. The van der Waals surface area contributed by atoms with Gasteiger partial charge in [0.2, 0.25) is 5.78 Å². The fourth-order valence-electron chi connectivity index (χ4n) is 2.97. The van der Waals surface area contributed by atoms with Crippen LogP contribution in [0.3, 0.4) is 0 Å². The van der Waals surface area contributed by atoms with Crippen molar-refractivity contribution in [3.63, 3.8) is 0 Å². The summed E-state index contributed by atoms with van der Waals surface area (Å²) >= 11 is 0. The molecule has 7 nitrogen and oxygen atoms in total. The lowest BCUT2D eigenvalue weighted by atomic mass is 9.92. The van der Waals surface area contributed by atoms with E-state index in [0.717, 1.165) is 5.69 Å². The van der Waals surface area contributed by atoms with Crippen molar-refractivity contribution in [2.24, 2.45) is 11.0 Å². The zero-order chi connectivity index (χ0) is 17.6. The molecule has 25 heavy (non-hydrogen) atoms. The van der Waals surface area contributed by atoms with Gasteiger partial charge >= 0.3 is 0 Å². The Labute approximate surface area is 143 Å². The van der Waals surface area contributed by atoms with Gasteiger partial charge < -0.3 is 4.40 Å². The number of ketones is 1. The molecule has 3 aromatic heterocycles. The van der Waals surface area contributed by atoms with E-state index in [4.69, 9.17) is 0 Å². The van der Waals surface area contributed by atoms with E-state index in [1.807, 2.05) is 29.5 Å². The maximum Gasteiger partial charge on any atom is 0.259 e. The van der Waals surface area contributed by atoms with E-state index in [1.165, 1.54) is 5.01 Å². The smallest absolute Gasteiger partial charge is 0.259 e. The normalized spacial score (nSPS) is 17.2. The molecule has 0 spiro atoms. The van der Waals surface area contributed by atoms with Crippen molar-refractivity contribution in [2.75, 3.05) is 7.05 Å². The van der Waals surface area contributed by atoms with Gasteiger partial charge in [-0.25, -0.2) is 9.99 Å². The predicted octanol–water partition coefficient (Wildman–Crippen LogP) is 1.71. The first-order valence-electron chi connectivity index (χ1n) is 7.81. The molecule has 4 rings (SSSR count). The summed E-state index contributed by atoms with van der Waals surface area (Å²) in [6, 6.07) is 9.11. The summed E-state index contributed by atoms with van der Waals surface area (Å²) in [5.41, 5.74) is 3.01. The standard InChI is InChI=1S/C18H15N5O2/c1-11-4-3-5-14-20-13(10-23(11)14)17(24)15-16(21-22(2)18(15)25)12-6-8-19-9-7-12/h3-10,15H,1-2H3/t15-/m0/s1. The van der Waals surface area contributed by atoms with Gasteiger partial charge in [-0.05, 0) is 31.2 Å². The number of fused-ring (bicyclic) bond motifs is 1. The first kappa shape index (κ1) is 15.2. The highest BCUT2D eigenvalue weighted by Crippen LogP contribution is 2.24. The second-order valence-electron chi connectivity index (χ2n) is 5.90. The lowest BCUT2D eigenvalue weighted by Crippen LogP contribution is -2.32. The van der Waals surface area contributed by atoms with Gasteiger partial charge in [-0.3, -0.25) is 14.6 Å². The van der Waals surface area contributed by atoms with Crippen LogP contribution < -0.4 is 0 Å². The maximum atomic E-state index is 13.0. The molecule has 0 aromatic carbocycles. The summed E-state index contributed by atoms with van der Waals surface area (Å²) in [6.45, 7) is 1.93. The largest absolute Gasteiger partial charge is 0.304 e. The highest BCUT2D eigenvalue weighted by molar-refractivity contribution is 6.30. The van der Waals surface area contributed by atoms with Gasteiger partial charge in [-0.2, -0.15) is 5.10 Å². The molecule has 0 N–H and O–H groups in total. The molecule has 0 unspecified atom stereocenters. The SMILES string of the molecule is Cc1cccc2nc(C(=O)[C@H]3C(=O)N(C)N=C3c3ccncc3)cn12. The van der Waals surface area contributed by atoms with Crippen molar-refractivity contribution in [3.05, 3.63) is 65.9 Å². The lowest BCUT2D eigenvalue weighted by molar-refractivity contribution is -0.129. The summed E-state index contributed by atoms with van der Waals surface area (Å²) in [5.74, 6) is -1.70. The van der Waals surface area contributed by atoms with Crippen LogP contribution in [0.4, 0.5) is 0 Å². The molecule has 0 bridgehead atoms. The monoisotopic (exact) mass is 333 g/mol. The first-order valence-corrected chi connectivity index (χ1v) is 7.81. The quantitative estimate of drug-likeness (QED) is 0.540. The van der Waals surface area contributed by atoms with Crippen LogP contribution in [-0.4, -0.2) is 43.8 Å². The van der Waals surface area contributed by atoms with Crippen LogP contribution in [0, 0.1) is 12.8 Å². The van der Waals surface area contributed by atoms with Gasteiger partial charge in [0.1, 0.15) is 17.3 Å². The fourth-order valence-corrected chi connectivity index (χ4v) is 2.97. The van der Waals surface area contributed by atoms with Crippen LogP contribution >= 0.6 is 0 Å². The zero-order valence-corrected chi connectivity index (χ0v) is 13.7. The number of hydrogen-bond acceptors (Lipinski definition) is 5. The molecule has 0 aliphatic carbocycles. The van der Waals surface area contributed by atoms with Crippen molar-refractivity contribution in [2.45, 2.75) is 6.92 Å². The van der Waals surface area contributed by atoms with Crippen LogP contribution in [0.1, 0.15) is 21.7 Å². The van der Waals surface area contributed by atoms with E-state index in [2.05, 4.69) is 15.1 Å². The molecule has 1 aliphatic heterocycles. The third-order valence-electron chi connectivity index (χ3n) is 4.28. The molecule has 1 amide bonds. The second-order valence-corrected chi connectivity index (χ2v) is 5.90. The number of nitrogens with zero attached hydrogens (tertiary/aromatic N) is 5. The average Bonchev–Trinajstić information content (AvgIpc) is 3.18. The summed E-state index contributed by atoms with van der Waals surface area (Å²) in [4.78, 5) is 33.9. The van der Waals surface area contributed by atoms with Crippen LogP contribution in [0.5, 0.6) is 0 Å². The summed E-state index contributed by atoms with van der Waals surface area (Å²) < 4.78 is 1.83. The number of pyridine rings is 2. The number of imidazole rings is 1. The fraction of sp³-hybridized carbons (Fsp3) is 0.167. The summed E-state index contributed by atoms with van der Waals surface area (Å²) in [5, 5.41) is 5.46. The van der Waals surface area contributed by atoms with E-state index >= 15 is 0 Å². The minimum absolute atomic E-state index is 0.254. The van der Waals surface area contributed by atoms with Crippen LogP contribution in [0.15, 0.2) is 54.0 Å². The molecule has 124 valence electrons. The highest BCUT2D eigenvalue weighted by atomic mass is 16.2. The Morgan fingerprint density at radius 2 is 1.92 bits per heavy atom. The van der Waals surface area contributed by atoms with Crippen molar-refractivity contribution >= 4 is 23.0 Å². The van der Waals surface area contributed by atoms with Crippen molar-refractivity contribution < 1.29 is 9.59 Å². The molecule has 0 radical (unpaired) electrons. The summed E-state index contributed by atoms with van der Waals surface area (Å²) in [7, 11) is 1.55. The highest BCUT2D eigenvalue weighted by Gasteiger charge is 2.41. The first-order chi connectivity index (χ1) is 12.1. The van der Waals surface area contributed by atoms with E-state index in [9.17, 15) is 9.59 Å². The van der Waals surface area contributed by atoms with Gasteiger partial charge in [0.25, 0.3) is 5.91 Å². The molecule has 0 fully saturated rings. The Morgan fingerprint density at radius 1 is 1.16 bits per heavy atom. The average molecular weight is 333 g/mol. The Kier molecular flexibility index (Phi) is 3.42. The zero-order valence-electron chi connectivity index (χ0n) is 13.7. The molecular weight excluding hydrogens is 318 g/mol. The molecule has 0 saturated carbocycles. The van der Waals surface area contributed by atoms with Gasteiger partial charge in [0.15, 0.2) is 0 Å². The van der Waals surface area contributed by atoms with Gasteiger partial charge in [-0.15, -0.1) is 0 Å². The van der Waals surface area contributed by atoms with E-state index in [0.29, 0.717) is 16.9 Å². The predicted molar refractivity (Wildman–Crippen MR) is 91.3 cm³/mol. The summed E-state index contributed by atoms with van der Waals surface area (Å²) in [6.07, 6.45) is 4.88. The lowest BCUT2D eigenvalue weighted by Gasteiger charge is -2.09. The Balaban J connectivity index is 1.78. The molecular formula is C18H15N5O2. The third kappa shape index (κ3) is 2.40. The number of carbonyl (C=O) groups excluding carboxylic acids is 2. The number of rotatable bonds is 3. The Hall–Kier alpha value is -3.35. The molecule has 1 aliphatic rings. The minimum atomic E-state index is -0.988. The van der Waals surface area contributed by atoms with Crippen LogP contribution in [0.2, 0.25) is 0 Å². The number of Topliss-reactive ketones (excluding diaryl/α,β-unsaturated/α-hetero) is 1. The third-order valence-corrected chi connectivity index (χ3v) is 4.28. The number of hydrogen-bond donors (Lipinski definition) is 0. The second kappa shape index (κ2) is 5.62. The molecule has 7 heteroatoms. The molecule has 0 saturated heterocycles. The topological polar surface area (TPSA) is 79.9 Å². The Bertz CT molecular complexity index is 1020. The molecule has 1 atom stereocenters. The van der Waals surface area contributed by atoms with Crippen LogP contribution in [-0.2, 0) is 4.79 Å². The van der Waals surface area contributed by atoms with Gasteiger partial charge in [0, 0.05) is 36.9 Å². The number of hydrazone groups is 1. The molecule has 4 heterocycles. The van der Waals surface area contributed by atoms with Crippen molar-refractivity contribution in [1.82, 2.24) is 19.4 Å². The number of aryl methyl sites for hydroxylation is 1. The maximum absolute atomic E-state index is 13.0. The van der Waals surface area contributed by atoms with Crippen LogP contribution in [0.25, 0.3) is 5.65 Å². The van der Waals surface area contributed by atoms with Crippen molar-refractivity contribution in [1.29, 1.82) is 0 Å². The number of amides is 1. The van der Waals surface area contributed by atoms with E-state index in [1.54, 1.807) is 37.8 Å². The van der Waals surface area contributed by atoms with E-state index < -0.39 is 5.92 Å².